The van der Waals surface area contributed by atoms with Crippen LogP contribution in [0.1, 0.15) is 87.3 Å². The van der Waals surface area contributed by atoms with Crippen molar-refractivity contribution in [2.75, 3.05) is 38.0 Å². The van der Waals surface area contributed by atoms with E-state index in [2.05, 4.69) is 48.3 Å². The fourth-order valence-electron chi connectivity index (χ4n) is 6.58. The van der Waals surface area contributed by atoms with Gasteiger partial charge in [-0.1, -0.05) is 64.8 Å². The fraction of sp³-hybridized carbons (Fsp3) is 0.538. The van der Waals surface area contributed by atoms with Gasteiger partial charge in [0.1, 0.15) is 6.04 Å². The number of aromatic nitrogens is 2. The first-order chi connectivity index (χ1) is 24.1. The Balaban J connectivity index is 1.19. The number of piperidine rings is 1. The van der Waals surface area contributed by atoms with Crippen molar-refractivity contribution in [2.24, 2.45) is 17.3 Å². The van der Waals surface area contributed by atoms with Gasteiger partial charge in [-0.25, -0.2) is 9.97 Å². The maximum atomic E-state index is 13.5. The Kier molecular flexibility index (Phi) is 11.8. The number of likely N-dealkylation sites (tertiary alicyclic amines) is 2. The van der Waals surface area contributed by atoms with Gasteiger partial charge in [-0.05, 0) is 55.7 Å². The summed E-state index contributed by atoms with van der Waals surface area (Å²) >= 11 is 1.40. The number of anilines is 1. The summed E-state index contributed by atoms with van der Waals surface area (Å²) in [5.74, 6) is -0.724. The van der Waals surface area contributed by atoms with Crippen LogP contribution in [0.25, 0.3) is 11.4 Å². The molecule has 5 rings (SSSR count). The van der Waals surface area contributed by atoms with Crippen LogP contribution in [0.5, 0.6) is 0 Å². The number of carboxylic acids is 1. The van der Waals surface area contributed by atoms with Crippen molar-refractivity contribution in [1.29, 1.82) is 0 Å². The molecule has 0 spiro atoms. The van der Waals surface area contributed by atoms with E-state index in [0.717, 1.165) is 53.5 Å². The van der Waals surface area contributed by atoms with Crippen LogP contribution in [-0.4, -0.2) is 87.3 Å². The van der Waals surface area contributed by atoms with Gasteiger partial charge in [-0.3, -0.25) is 19.2 Å². The molecule has 2 aliphatic rings. The van der Waals surface area contributed by atoms with Crippen LogP contribution in [0.2, 0.25) is 0 Å². The molecule has 51 heavy (non-hydrogen) atoms. The number of rotatable bonds is 13. The monoisotopic (exact) mass is 716 g/mol. The van der Waals surface area contributed by atoms with Gasteiger partial charge in [0, 0.05) is 49.6 Å². The molecular weight excluding hydrogens is 665 g/mol. The topological polar surface area (TPSA) is 145 Å². The summed E-state index contributed by atoms with van der Waals surface area (Å²) < 4.78 is 0. The lowest BCUT2D eigenvalue weighted by Gasteiger charge is -2.38. The summed E-state index contributed by atoms with van der Waals surface area (Å²) in [7, 11) is 0. The Morgan fingerprint density at radius 3 is 2.16 bits per heavy atom. The van der Waals surface area contributed by atoms with Gasteiger partial charge >= 0.3 is 5.97 Å². The molecule has 0 saturated carbocycles. The molecule has 3 N–H and O–H groups in total. The number of nitrogens with zero attached hydrogens (tertiary/aromatic N) is 4. The van der Waals surface area contributed by atoms with Crippen molar-refractivity contribution in [3.63, 3.8) is 0 Å². The second kappa shape index (κ2) is 15.9. The number of nitrogens with one attached hydrogen (secondary N) is 2. The highest BCUT2D eigenvalue weighted by molar-refractivity contribution is 7.14. The largest absolute Gasteiger partial charge is 0.481 e. The van der Waals surface area contributed by atoms with Crippen LogP contribution in [0, 0.1) is 17.3 Å². The van der Waals surface area contributed by atoms with Crippen molar-refractivity contribution in [3.8, 4) is 11.4 Å². The standard InChI is InChI=1S/C39H52N6O5S/c1-7-8-25-15-17-44(18-16-25)37(50)39(5,6)24-42-29-20-40-33(41-21-29)27-11-9-26(10-12-27)19-30(35(47)45-22-28(23-45)36(48)49)43-34(46)31-13-14-32(51-31)38(2,3)4/h9-14,20-21,25,28,30,42H,7-8,15-19,22-24H2,1-6H3,(H,43,46)(H,48,49)/t30-/m0/s1. The van der Waals surface area contributed by atoms with Crippen molar-refractivity contribution in [2.45, 2.75) is 85.1 Å². The third-order valence-corrected chi connectivity index (χ3v) is 11.4. The van der Waals surface area contributed by atoms with Gasteiger partial charge in [0.2, 0.25) is 11.8 Å². The minimum atomic E-state index is -0.929. The molecule has 1 atom stereocenters. The molecule has 0 aliphatic carbocycles. The Labute approximate surface area is 305 Å². The number of hydrogen-bond donors (Lipinski definition) is 3. The van der Waals surface area contributed by atoms with Crippen LogP contribution >= 0.6 is 11.3 Å². The highest BCUT2D eigenvalue weighted by Gasteiger charge is 2.39. The molecule has 11 nitrogen and oxygen atoms in total. The van der Waals surface area contributed by atoms with Crippen molar-refractivity contribution < 1.29 is 24.3 Å². The van der Waals surface area contributed by atoms with Gasteiger partial charge < -0.3 is 25.5 Å². The van der Waals surface area contributed by atoms with E-state index in [1.165, 1.54) is 29.1 Å². The fourth-order valence-corrected chi connectivity index (χ4v) is 7.55. The average molecular weight is 717 g/mol. The van der Waals surface area contributed by atoms with E-state index in [1.54, 1.807) is 18.5 Å². The third kappa shape index (κ3) is 9.52. The Bertz CT molecular complexity index is 1680. The highest BCUT2D eigenvalue weighted by atomic mass is 32.1. The minimum absolute atomic E-state index is 0.105. The molecule has 4 heterocycles. The number of aliphatic carboxylic acids is 1. The summed E-state index contributed by atoms with van der Waals surface area (Å²) in [6.45, 7) is 14.8. The number of benzene rings is 1. The third-order valence-electron chi connectivity index (χ3n) is 9.93. The maximum Gasteiger partial charge on any atom is 0.310 e. The molecular formula is C39H52N6O5S. The van der Waals surface area contributed by atoms with Crippen LogP contribution in [0.3, 0.4) is 0 Å². The van der Waals surface area contributed by atoms with E-state index in [0.29, 0.717) is 17.2 Å². The van der Waals surface area contributed by atoms with Crippen LogP contribution in [0.15, 0.2) is 48.8 Å². The normalized spacial score (nSPS) is 16.4. The van der Waals surface area contributed by atoms with E-state index < -0.39 is 23.3 Å². The van der Waals surface area contributed by atoms with Gasteiger partial charge in [0.05, 0.1) is 34.3 Å². The molecule has 3 amide bonds. The summed E-state index contributed by atoms with van der Waals surface area (Å²) in [6, 6.07) is 10.4. The van der Waals surface area contributed by atoms with E-state index in [9.17, 15) is 24.3 Å². The molecule has 2 fully saturated rings. The zero-order valence-corrected chi connectivity index (χ0v) is 31.5. The molecule has 12 heteroatoms. The zero-order valence-electron chi connectivity index (χ0n) is 30.7. The SMILES string of the molecule is CCCC1CCN(C(=O)C(C)(C)CNc2cnc(-c3ccc(C[C@H](NC(=O)c4ccc(C(C)(C)C)s4)C(=O)N4CC(C(=O)O)C4)cc3)nc2)CC1. The van der Waals surface area contributed by atoms with E-state index in [4.69, 9.17) is 0 Å². The Hall–Kier alpha value is -4.32. The van der Waals surface area contributed by atoms with E-state index in [1.807, 2.05) is 49.1 Å². The molecule has 2 saturated heterocycles. The summed E-state index contributed by atoms with van der Waals surface area (Å²) in [5, 5.41) is 15.6. The van der Waals surface area contributed by atoms with Gasteiger partial charge in [0.15, 0.2) is 5.82 Å². The second-order valence-electron chi connectivity index (χ2n) is 15.7. The lowest BCUT2D eigenvalue weighted by Crippen LogP contribution is -2.59. The first-order valence-electron chi connectivity index (χ1n) is 18.0. The number of amides is 3. The van der Waals surface area contributed by atoms with Gasteiger partial charge in [-0.2, -0.15) is 0 Å². The predicted octanol–water partition coefficient (Wildman–Crippen LogP) is 5.86. The number of carbonyl (C=O) groups is 4. The predicted molar refractivity (Wildman–Crippen MR) is 200 cm³/mol. The van der Waals surface area contributed by atoms with Crippen LogP contribution in [0.4, 0.5) is 5.69 Å². The Morgan fingerprint density at radius 1 is 0.941 bits per heavy atom. The molecule has 2 aromatic heterocycles. The number of carbonyl (C=O) groups excluding carboxylic acids is 3. The molecule has 274 valence electrons. The van der Waals surface area contributed by atoms with Crippen LogP contribution in [-0.2, 0) is 26.2 Å². The molecule has 3 aromatic rings. The number of hydrogen-bond acceptors (Lipinski definition) is 8. The molecule has 1 aromatic carbocycles. The van der Waals surface area contributed by atoms with Gasteiger partial charge in [0.25, 0.3) is 5.91 Å². The van der Waals surface area contributed by atoms with Crippen LogP contribution < -0.4 is 10.6 Å². The first kappa shape index (κ1) is 37.9. The average Bonchev–Trinajstić information content (AvgIpc) is 3.59. The molecule has 0 bridgehead atoms. The highest BCUT2D eigenvalue weighted by Crippen LogP contribution is 2.30. The number of thiophene rings is 1. The maximum absolute atomic E-state index is 13.5. The van der Waals surface area contributed by atoms with Crippen molar-refractivity contribution in [3.05, 3.63) is 64.1 Å². The van der Waals surface area contributed by atoms with E-state index >= 15 is 0 Å². The first-order valence-corrected chi connectivity index (χ1v) is 18.8. The second-order valence-corrected chi connectivity index (χ2v) is 16.8. The number of carboxylic acid groups (broad SMARTS) is 1. The molecule has 0 radical (unpaired) electrons. The van der Waals surface area contributed by atoms with E-state index in [-0.39, 0.29) is 42.6 Å². The zero-order chi connectivity index (χ0) is 36.9. The van der Waals surface area contributed by atoms with Gasteiger partial charge in [-0.15, -0.1) is 11.3 Å². The summed E-state index contributed by atoms with van der Waals surface area (Å²) in [6.07, 6.45) is 8.25. The van der Waals surface area contributed by atoms with Crippen molar-refractivity contribution in [1.82, 2.24) is 25.1 Å². The Morgan fingerprint density at radius 2 is 1.59 bits per heavy atom. The summed E-state index contributed by atoms with van der Waals surface area (Å²) in [4.78, 5) is 65.6. The lowest BCUT2D eigenvalue weighted by atomic mass is 9.88. The molecule has 2 aliphatic heterocycles. The minimum Gasteiger partial charge on any atom is -0.481 e. The summed E-state index contributed by atoms with van der Waals surface area (Å²) in [5.41, 5.74) is 1.67. The van der Waals surface area contributed by atoms with Crippen molar-refractivity contribution >= 4 is 40.7 Å². The smallest absolute Gasteiger partial charge is 0.310 e. The quantitative estimate of drug-likeness (QED) is 0.200. The molecule has 0 unspecified atom stereocenters. The lowest BCUT2D eigenvalue weighted by molar-refractivity contribution is -0.153.